The molecule has 0 fully saturated rings. The number of benzene rings is 2. The Balaban J connectivity index is 0.000000817. The number of rotatable bonds is 7. The molecule has 0 saturated carbocycles. The number of hydrogen-bond donors (Lipinski definition) is 2. The third kappa shape index (κ3) is 5.63. The van der Waals surface area contributed by atoms with Crippen molar-refractivity contribution in [2.24, 2.45) is 0 Å². The van der Waals surface area contributed by atoms with Gasteiger partial charge in [0.25, 0.3) is 6.47 Å². The van der Waals surface area contributed by atoms with E-state index in [9.17, 15) is 9.59 Å². The van der Waals surface area contributed by atoms with Crippen LogP contribution in [0.1, 0.15) is 29.9 Å². The number of carbonyl (C=O) groups is 3. The van der Waals surface area contributed by atoms with Crippen LogP contribution in [-0.2, 0) is 14.4 Å². The first-order chi connectivity index (χ1) is 13.0. The first kappa shape index (κ1) is 21.1. The fourth-order valence-corrected chi connectivity index (χ4v) is 3.74. The Labute approximate surface area is 167 Å². The summed E-state index contributed by atoms with van der Waals surface area (Å²) in [5.41, 5.74) is 4.97. The van der Waals surface area contributed by atoms with Crippen LogP contribution in [0.25, 0.3) is 11.1 Å². The number of carbonyl (C=O) groups excluding carboxylic acids is 2. The highest BCUT2D eigenvalue weighted by Crippen LogP contribution is 2.44. The maximum Gasteiger partial charge on any atom is 0.290 e. The lowest BCUT2D eigenvalue weighted by Gasteiger charge is -2.20. The van der Waals surface area contributed by atoms with E-state index < -0.39 is 10.5 Å². The largest absolute Gasteiger partial charge is 0.483 e. The molecule has 0 bridgehead atoms. The molecule has 0 aliphatic heterocycles. The highest BCUT2D eigenvalue weighted by atomic mass is 35.5. The van der Waals surface area contributed by atoms with Crippen LogP contribution in [0.3, 0.4) is 0 Å². The summed E-state index contributed by atoms with van der Waals surface area (Å²) in [5, 5.41) is 9.24. The number of nitrogens with one attached hydrogen (secondary N) is 1. The van der Waals surface area contributed by atoms with Crippen molar-refractivity contribution in [1.29, 1.82) is 0 Å². The van der Waals surface area contributed by atoms with Crippen LogP contribution < -0.4 is 5.32 Å². The molecule has 2 aromatic rings. The topological polar surface area (TPSA) is 83.5 Å². The fraction of sp³-hybridized carbons (Fsp3) is 0.250. The predicted octanol–water partition coefficient (Wildman–Crippen LogP) is 3.77. The van der Waals surface area contributed by atoms with E-state index in [1.807, 2.05) is 24.3 Å². The van der Waals surface area contributed by atoms with Gasteiger partial charge in [0.1, 0.15) is 0 Å². The molecule has 0 heterocycles. The Morgan fingerprint density at radius 1 is 0.963 bits per heavy atom. The molecule has 0 unspecified atom stereocenters. The summed E-state index contributed by atoms with van der Waals surface area (Å²) >= 11 is 11.0. The standard InChI is InChI=1S/C19H17Cl2NO2.CH2O2/c20-18(23)9-12(10-19(21)24)22-11-17-15-7-3-1-5-13(15)14-6-2-4-8-16(14)17;2-1-3/h1-8,12,17,22H,9-11H2;1H,(H,2,3). The van der Waals surface area contributed by atoms with Gasteiger partial charge >= 0.3 is 0 Å². The van der Waals surface area contributed by atoms with Crippen LogP contribution in [0.15, 0.2) is 48.5 Å². The highest BCUT2D eigenvalue weighted by molar-refractivity contribution is 6.64. The Morgan fingerprint density at radius 3 is 1.78 bits per heavy atom. The van der Waals surface area contributed by atoms with E-state index in [-0.39, 0.29) is 31.3 Å². The third-order valence-corrected chi connectivity index (χ3v) is 4.70. The highest BCUT2D eigenvalue weighted by Gasteiger charge is 2.28. The molecule has 0 saturated heterocycles. The van der Waals surface area contributed by atoms with Gasteiger partial charge in [-0.15, -0.1) is 0 Å². The third-order valence-electron chi connectivity index (χ3n) is 4.39. The average Bonchev–Trinajstić information content (AvgIpc) is 2.93. The second kappa shape index (κ2) is 10.2. The molecule has 0 amide bonds. The molecule has 2 N–H and O–H groups in total. The number of hydrogen-bond acceptors (Lipinski definition) is 4. The minimum absolute atomic E-state index is 0.0794. The van der Waals surface area contributed by atoms with Crippen molar-refractivity contribution < 1.29 is 19.5 Å². The molecule has 1 aliphatic carbocycles. The normalized spacial score (nSPS) is 12.0. The first-order valence-corrected chi connectivity index (χ1v) is 9.09. The zero-order valence-electron chi connectivity index (χ0n) is 14.4. The van der Waals surface area contributed by atoms with Gasteiger partial charge in [0.15, 0.2) is 0 Å². The van der Waals surface area contributed by atoms with E-state index in [1.165, 1.54) is 22.3 Å². The van der Waals surface area contributed by atoms with E-state index in [4.69, 9.17) is 33.1 Å². The summed E-state index contributed by atoms with van der Waals surface area (Å²) in [5.74, 6) is 0.177. The Hall–Kier alpha value is -2.21. The molecule has 2 aromatic carbocycles. The minimum atomic E-state index is -0.474. The lowest BCUT2D eigenvalue weighted by Crippen LogP contribution is -2.35. The zero-order chi connectivity index (χ0) is 19.8. The van der Waals surface area contributed by atoms with Gasteiger partial charge in [-0.25, -0.2) is 0 Å². The minimum Gasteiger partial charge on any atom is -0.483 e. The monoisotopic (exact) mass is 407 g/mol. The summed E-state index contributed by atoms with van der Waals surface area (Å²) < 4.78 is 0. The summed E-state index contributed by atoms with van der Waals surface area (Å²) in [6.45, 7) is 0.368. The summed E-state index contributed by atoms with van der Waals surface area (Å²) in [7, 11) is 0. The smallest absolute Gasteiger partial charge is 0.290 e. The van der Waals surface area contributed by atoms with Crippen molar-refractivity contribution in [3.05, 3.63) is 59.7 Å². The van der Waals surface area contributed by atoms with Gasteiger partial charge in [-0.05, 0) is 45.5 Å². The number of carboxylic acid groups (broad SMARTS) is 1. The van der Waals surface area contributed by atoms with Crippen molar-refractivity contribution in [3.63, 3.8) is 0 Å². The molecule has 27 heavy (non-hydrogen) atoms. The molecule has 1 aliphatic rings. The fourth-order valence-electron chi connectivity index (χ4n) is 3.37. The lowest BCUT2D eigenvalue weighted by atomic mass is 9.96. The molecule has 3 rings (SSSR count). The maximum absolute atomic E-state index is 11.2. The van der Waals surface area contributed by atoms with Crippen LogP contribution >= 0.6 is 23.2 Å². The lowest BCUT2D eigenvalue weighted by molar-refractivity contribution is -0.123. The second-order valence-electron chi connectivity index (χ2n) is 6.06. The summed E-state index contributed by atoms with van der Waals surface area (Å²) in [6.07, 6.45) is 0.159. The van der Waals surface area contributed by atoms with Gasteiger partial charge in [0.2, 0.25) is 10.5 Å². The average molecular weight is 408 g/mol. The summed E-state index contributed by atoms with van der Waals surface area (Å²) in [4.78, 5) is 30.8. The molecular formula is C20H19Cl2NO4. The maximum atomic E-state index is 11.2. The van der Waals surface area contributed by atoms with Crippen molar-refractivity contribution in [2.45, 2.75) is 24.8 Å². The number of fused-ring (bicyclic) bond motifs is 3. The second-order valence-corrected chi connectivity index (χ2v) is 6.90. The van der Waals surface area contributed by atoms with Crippen LogP contribution in [-0.4, -0.2) is 34.7 Å². The molecule has 5 nitrogen and oxygen atoms in total. The van der Waals surface area contributed by atoms with E-state index in [2.05, 4.69) is 29.6 Å². The van der Waals surface area contributed by atoms with Gasteiger partial charge in [-0.3, -0.25) is 14.4 Å². The van der Waals surface area contributed by atoms with Gasteiger partial charge in [-0.1, -0.05) is 48.5 Å². The van der Waals surface area contributed by atoms with Crippen molar-refractivity contribution in [1.82, 2.24) is 5.32 Å². The molecule has 0 atom stereocenters. The number of halogens is 2. The van der Waals surface area contributed by atoms with E-state index in [0.717, 1.165) is 0 Å². The molecule has 0 spiro atoms. The van der Waals surface area contributed by atoms with Crippen LogP contribution in [0.4, 0.5) is 0 Å². The van der Waals surface area contributed by atoms with Crippen LogP contribution in [0.2, 0.25) is 0 Å². The van der Waals surface area contributed by atoms with E-state index in [0.29, 0.717) is 6.54 Å². The Kier molecular flexibility index (Phi) is 7.98. The first-order valence-electron chi connectivity index (χ1n) is 8.34. The molecular weight excluding hydrogens is 389 g/mol. The van der Waals surface area contributed by atoms with Gasteiger partial charge in [0, 0.05) is 31.3 Å². The van der Waals surface area contributed by atoms with E-state index in [1.54, 1.807) is 0 Å². The molecule has 142 valence electrons. The predicted molar refractivity (Wildman–Crippen MR) is 105 cm³/mol. The quantitative estimate of drug-likeness (QED) is 0.538. The van der Waals surface area contributed by atoms with Crippen molar-refractivity contribution in [3.8, 4) is 11.1 Å². The van der Waals surface area contributed by atoms with Crippen LogP contribution in [0, 0.1) is 0 Å². The summed E-state index contributed by atoms with van der Waals surface area (Å²) in [6, 6.07) is 16.3. The van der Waals surface area contributed by atoms with Gasteiger partial charge in [0.05, 0.1) is 0 Å². The van der Waals surface area contributed by atoms with Crippen molar-refractivity contribution in [2.75, 3.05) is 6.54 Å². The Bertz CT molecular complexity index is 764. The van der Waals surface area contributed by atoms with E-state index >= 15 is 0 Å². The molecule has 7 heteroatoms. The SMILES string of the molecule is O=C(Cl)CC(CC(=O)Cl)NCC1c2ccccc2-c2ccccc21.O=CO. The van der Waals surface area contributed by atoms with Crippen molar-refractivity contribution >= 4 is 40.2 Å². The van der Waals surface area contributed by atoms with Gasteiger partial charge < -0.3 is 10.4 Å². The molecule has 0 aromatic heterocycles. The Morgan fingerprint density at radius 2 is 1.37 bits per heavy atom. The molecule has 0 radical (unpaired) electrons. The zero-order valence-corrected chi connectivity index (χ0v) is 15.9. The van der Waals surface area contributed by atoms with Crippen LogP contribution in [0.5, 0.6) is 0 Å². The van der Waals surface area contributed by atoms with Gasteiger partial charge in [-0.2, -0.15) is 0 Å².